The van der Waals surface area contributed by atoms with Gasteiger partial charge in [0.1, 0.15) is 0 Å². The summed E-state index contributed by atoms with van der Waals surface area (Å²) in [6.07, 6.45) is 2.48. The fourth-order valence-electron chi connectivity index (χ4n) is 4.21. The Kier molecular flexibility index (Phi) is 6.13. The number of ether oxygens (including phenoxy) is 1. The third-order valence-electron chi connectivity index (χ3n) is 5.67. The average molecular weight is 419 g/mol. The Balaban J connectivity index is 1.41. The lowest BCUT2D eigenvalue weighted by molar-refractivity contribution is -0.149. The normalized spacial score (nSPS) is 20.8. The second kappa shape index (κ2) is 8.76. The fourth-order valence-corrected chi connectivity index (χ4v) is 5.97. The van der Waals surface area contributed by atoms with Crippen LogP contribution >= 0.6 is 22.7 Å². The van der Waals surface area contributed by atoms with Gasteiger partial charge in [0, 0.05) is 16.3 Å². The first-order valence-electron chi connectivity index (χ1n) is 9.95. The number of piperidine rings is 1. The molecule has 28 heavy (non-hydrogen) atoms. The Morgan fingerprint density at radius 2 is 1.96 bits per heavy atom. The molecule has 2 aromatic heterocycles. The van der Waals surface area contributed by atoms with Crippen LogP contribution in [0, 0.1) is 5.92 Å². The summed E-state index contributed by atoms with van der Waals surface area (Å²) in [5.74, 6) is 0.0746. The summed E-state index contributed by atoms with van der Waals surface area (Å²) in [6, 6.07) is 6.41. The van der Waals surface area contributed by atoms with Gasteiger partial charge in [-0.25, -0.2) is 0 Å². The Morgan fingerprint density at radius 3 is 2.68 bits per heavy atom. The lowest BCUT2D eigenvalue weighted by atomic mass is 9.96. The summed E-state index contributed by atoms with van der Waals surface area (Å²) in [5, 5.41) is 4.22. The summed E-state index contributed by atoms with van der Waals surface area (Å²) in [4.78, 5) is 32.0. The van der Waals surface area contributed by atoms with Crippen LogP contribution in [0.3, 0.4) is 0 Å². The predicted molar refractivity (Wildman–Crippen MR) is 112 cm³/mol. The van der Waals surface area contributed by atoms with Gasteiger partial charge in [-0.05, 0) is 67.7 Å². The van der Waals surface area contributed by atoms with Gasteiger partial charge in [0.05, 0.1) is 25.1 Å². The molecule has 0 N–H and O–H groups in total. The zero-order valence-corrected chi connectivity index (χ0v) is 17.8. The van der Waals surface area contributed by atoms with Crippen molar-refractivity contribution in [2.24, 2.45) is 5.92 Å². The molecule has 4 rings (SSSR count). The standard InChI is InChI=1S/C21H26N2O3S2/c1-2-26-21(25)15-5-9-22(10-6-15)14-19(24)23-11-7-17-16(8-13-28-17)20(23)18-4-3-12-27-18/h3-4,8,12-13,15,20H,2,5-7,9-11,14H2,1H3. The molecule has 0 spiro atoms. The van der Waals surface area contributed by atoms with Gasteiger partial charge in [-0.1, -0.05) is 6.07 Å². The van der Waals surface area contributed by atoms with Crippen LogP contribution < -0.4 is 0 Å². The van der Waals surface area contributed by atoms with Crippen molar-refractivity contribution >= 4 is 34.6 Å². The Morgan fingerprint density at radius 1 is 1.14 bits per heavy atom. The van der Waals surface area contributed by atoms with Crippen LogP contribution in [0.4, 0.5) is 0 Å². The van der Waals surface area contributed by atoms with Crippen LogP contribution in [-0.4, -0.2) is 54.5 Å². The largest absolute Gasteiger partial charge is 0.466 e. The minimum absolute atomic E-state index is 0.0199. The van der Waals surface area contributed by atoms with Gasteiger partial charge in [0.25, 0.3) is 0 Å². The van der Waals surface area contributed by atoms with Crippen molar-refractivity contribution in [1.82, 2.24) is 9.80 Å². The number of fused-ring (bicyclic) bond motifs is 1. The number of nitrogens with zero attached hydrogens (tertiary/aromatic N) is 2. The fraction of sp³-hybridized carbons (Fsp3) is 0.524. The van der Waals surface area contributed by atoms with Crippen molar-refractivity contribution in [2.45, 2.75) is 32.2 Å². The van der Waals surface area contributed by atoms with Crippen LogP contribution in [0.2, 0.25) is 0 Å². The zero-order valence-electron chi connectivity index (χ0n) is 16.1. The quantitative estimate of drug-likeness (QED) is 0.697. The van der Waals surface area contributed by atoms with E-state index >= 15 is 0 Å². The van der Waals surface area contributed by atoms with Gasteiger partial charge < -0.3 is 9.64 Å². The summed E-state index contributed by atoms with van der Waals surface area (Å²) in [5.41, 5.74) is 1.29. The van der Waals surface area contributed by atoms with Gasteiger partial charge in [-0.15, -0.1) is 22.7 Å². The third kappa shape index (κ3) is 4.02. The van der Waals surface area contributed by atoms with E-state index in [9.17, 15) is 9.59 Å². The molecule has 2 aliphatic heterocycles. The smallest absolute Gasteiger partial charge is 0.309 e. The second-order valence-corrected chi connectivity index (χ2v) is 9.34. The number of esters is 1. The van der Waals surface area contributed by atoms with Gasteiger partial charge in [-0.3, -0.25) is 14.5 Å². The number of amides is 1. The molecule has 150 valence electrons. The maximum Gasteiger partial charge on any atom is 0.309 e. The summed E-state index contributed by atoms with van der Waals surface area (Å²) >= 11 is 3.51. The first-order chi connectivity index (χ1) is 13.7. The number of rotatable bonds is 5. The minimum Gasteiger partial charge on any atom is -0.466 e. The predicted octanol–water partition coefficient (Wildman–Crippen LogP) is 3.56. The Labute approximate surface area is 173 Å². The Bertz CT molecular complexity index is 809. The van der Waals surface area contributed by atoms with Gasteiger partial charge in [0.2, 0.25) is 5.91 Å². The van der Waals surface area contributed by atoms with E-state index in [-0.39, 0.29) is 23.8 Å². The molecule has 4 heterocycles. The van der Waals surface area contributed by atoms with E-state index in [0.717, 1.165) is 38.9 Å². The van der Waals surface area contributed by atoms with Crippen LogP contribution in [0.25, 0.3) is 0 Å². The molecule has 0 bridgehead atoms. The van der Waals surface area contributed by atoms with Crippen LogP contribution in [0.5, 0.6) is 0 Å². The van der Waals surface area contributed by atoms with E-state index in [0.29, 0.717) is 13.2 Å². The van der Waals surface area contributed by atoms with Gasteiger partial charge >= 0.3 is 5.97 Å². The van der Waals surface area contributed by atoms with Crippen molar-refractivity contribution in [3.8, 4) is 0 Å². The monoisotopic (exact) mass is 418 g/mol. The van der Waals surface area contributed by atoms with Crippen LogP contribution in [-0.2, 0) is 20.7 Å². The highest BCUT2D eigenvalue weighted by atomic mass is 32.1. The number of carbonyl (C=O) groups excluding carboxylic acids is 2. The topological polar surface area (TPSA) is 49.9 Å². The van der Waals surface area contributed by atoms with E-state index in [1.165, 1.54) is 15.3 Å². The summed E-state index contributed by atoms with van der Waals surface area (Å²) in [6.45, 7) is 5.02. The molecule has 5 nitrogen and oxygen atoms in total. The van der Waals surface area contributed by atoms with Crippen molar-refractivity contribution in [3.05, 3.63) is 44.3 Å². The van der Waals surface area contributed by atoms with Crippen molar-refractivity contribution in [1.29, 1.82) is 0 Å². The number of hydrogen-bond acceptors (Lipinski definition) is 6. The molecule has 2 aliphatic rings. The molecule has 0 radical (unpaired) electrons. The number of thiophene rings is 2. The highest BCUT2D eigenvalue weighted by Crippen LogP contribution is 2.39. The maximum atomic E-state index is 13.2. The molecule has 7 heteroatoms. The number of likely N-dealkylation sites (tertiary alicyclic amines) is 1. The van der Waals surface area contributed by atoms with E-state index < -0.39 is 0 Å². The Hall–Kier alpha value is -1.70. The van der Waals surface area contributed by atoms with Crippen molar-refractivity contribution in [3.63, 3.8) is 0 Å². The van der Waals surface area contributed by atoms with Gasteiger partial charge in [-0.2, -0.15) is 0 Å². The molecule has 2 aromatic rings. The number of carbonyl (C=O) groups is 2. The molecule has 1 saturated heterocycles. The van der Waals surface area contributed by atoms with Gasteiger partial charge in [0.15, 0.2) is 0 Å². The van der Waals surface area contributed by atoms with Crippen LogP contribution in [0.15, 0.2) is 29.0 Å². The highest BCUT2D eigenvalue weighted by molar-refractivity contribution is 7.10. The summed E-state index contributed by atoms with van der Waals surface area (Å²) < 4.78 is 5.14. The zero-order chi connectivity index (χ0) is 19.5. The second-order valence-electron chi connectivity index (χ2n) is 7.36. The van der Waals surface area contributed by atoms with E-state index in [4.69, 9.17) is 4.74 Å². The molecule has 0 aromatic carbocycles. The maximum absolute atomic E-state index is 13.2. The minimum atomic E-state index is -0.0905. The SMILES string of the molecule is CCOC(=O)C1CCN(CC(=O)N2CCc3sccc3C2c2cccs2)CC1. The molecule has 0 saturated carbocycles. The third-order valence-corrected chi connectivity index (χ3v) is 7.59. The number of hydrogen-bond donors (Lipinski definition) is 0. The first-order valence-corrected chi connectivity index (χ1v) is 11.7. The molecule has 0 aliphatic carbocycles. The summed E-state index contributed by atoms with van der Waals surface area (Å²) in [7, 11) is 0. The first kappa shape index (κ1) is 19.6. The lowest BCUT2D eigenvalue weighted by Crippen LogP contribution is -2.47. The molecule has 1 fully saturated rings. The van der Waals surface area contributed by atoms with E-state index in [1.807, 2.05) is 6.92 Å². The molecular weight excluding hydrogens is 392 g/mol. The van der Waals surface area contributed by atoms with Crippen molar-refractivity contribution in [2.75, 3.05) is 32.8 Å². The molecule has 1 atom stereocenters. The molecule has 1 unspecified atom stereocenters. The molecule has 1 amide bonds. The van der Waals surface area contributed by atoms with Crippen LogP contribution in [0.1, 0.15) is 41.1 Å². The molecular formula is C21H26N2O3S2. The lowest BCUT2D eigenvalue weighted by Gasteiger charge is -2.38. The van der Waals surface area contributed by atoms with E-state index in [2.05, 4.69) is 38.8 Å². The highest BCUT2D eigenvalue weighted by Gasteiger charge is 2.35. The average Bonchev–Trinajstić information content (AvgIpc) is 3.39. The van der Waals surface area contributed by atoms with E-state index in [1.54, 1.807) is 22.7 Å². The van der Waals surface area contributed by atoms with Crippen molar-refractivity contribution < 1.29 is 14.3 Å².